The fourth-order valence-electron chi connectivity index (χ4n) is 2.68. The van der Waals surface area contributed by atoms with Gasteiger partial charge in [-0.05, 0) is 31.2 Å². The van der Waals surface area contributed by atoms with Crippen LogP contribution in [-0.4, -0.2) is 31.9 Å². The zero-order chi connectivity index (χ0) is 15.1. The SMILES string of the molecule is CC1Cn2nc(C(=O)Nc3ccc4cn[nH]c4c3)cc2CN1. The zero-order valence-electron chi connectivity index (χ0n) is 12.1. The molecule has 3 N–H and O–H groups in total. The highest BCUT2D eigenvalue weighted by Crippen LogP contribution is 2.18. The summed E-state index contributed by atoms with van der Waals surface area (Å²) in [6.07, 6.45) is 1.75. The molecule has 112 valence electrons. The first-order valence-corrected chi connectivity index (χ1v) is 7.23. The van der Waals surface area contributed by atoms with Gasteiger partial charge in [0.2, 0.25) is 0 Å². The van der Waals surface area contributed by atoms with E-state index >= 15 is 0 Å². The number of fused-ring (bicyclic) bond motifs is 2. The first-order valence-electron chi connectivity index (χ1n) is 7.23. The zero-order valence-corrected chi connectivity index (χ0v) is 12.1. The summed E-state index contributed by atoms with van der Waals surface area (Å²) < 4.78 is 1.90. The average molecular weight is 296 g/mol. The van der Waals surface area contributed by atoms with Gasteiger partial charge >= 0.3 is 0 Å². The van der Waals surface area contributed by atoms with Gasteiger partial charge in [-0.3, -0.25) is 14.6 Å². The van der Waals surface area contributed by atoms with Crippen LogP contribution < -0.4 is 10.6 Å². The quantitative estimate of drug-likeness (QED) is 0.669. The maximum atomic E-state index is 12.4. The molecule has 7 nitrogen and oxygen atoms in total. The van der Waals surface area contributed by atoms with Crippen LogP contribution in [0.5, 0.6) is 0 Å². The highest BCUT2D eigenvalue weighted by atomic mass is 16.1. The molecule has 3 aromatic rings. The van der Waals surface area contributed by atoms with Crippen LogP contribution in [0.15, 0.2) is 30.5 Å². The summed E-state index contributed by atoms with van der Waals surface area (Å²) in [4.78, 5) is 12.4. The van der Waals surface area contributed by atoms with Gasteiger partial charge in [-0.1, -0.05) is 0 Å². The second kappa shape index (κ2) is 4.96. The largest absolute Gasteiger partial charge is 0.321 e. The van der Waals surface area contributed by atoms with Crippen LogP contribution >= 0.6 is 0 Å². The Morgan fingerprint density at radius 1 is 1.41 bits per heavy atom. The number of H-pyrrole nitrogens is 1. The normalized spacial score (nSPS) is 17.4. The Morgan fingerprint density at radius 3 is 3.23 bits per heavy atom. The molecule has 0 saturated heterocycles. The Bertz CT molecular complexity index is 849. The van der Waals surface area contributed by atoms with E-state index in [2.05, 4.69) is 32.9 Å². The fourth-order valence-corrected chi connectivity index (χ4v) is 2.68. The van der Waals surface area contributed by atoms with Gasteiger partial charge in [0.05, 0.1) is 24.0 Å². The van der Waals surface area contributed by atoms with Crippen LogP contribution in [-0.2, 0) is 13.1 Å². The summed E-state index contributed by atoms with van der Waals surface area (Å²) in [5, 5.41) is 18.5. The molecule has 3 heterocycles. The third kappa shape index (κ3) is 2.25. The Morgan fingerprint density at radius 2 is 2.32 bits per heavy atom. The number of hydrogen-bond donors (Lipinski definition) is 3. The van der Waals surface area contributed by atoms with Crippen LogP contribution in [0.25, 0.3) is 10.9 Å². The number of aromatic nitrogens is 4. The standard InChI is InChI=1S/C15H16N6O/c1-9-8-21-12(7-16-9)5-14(20-21)15(22)18-11-3-2-10-6-17-19-13(10)4-11/h2-6,9,16H,7-8H2,1H3,(H,17,19)(H,18,22). The van der Waals surface area contributed by atoms with E-state index in [-0.39, 0.29) is 5.91 Å². The number of nitrogens with zero attached hydrogens (tertiary/aromatic N) is 3. The lowest BCUT2D eigenvalue weighted by molar-refractivity contribution is 0.102. The van der Waals surface area contributed by atoms with Gasteiger partial charge < -0.3 is 10.6 Å². The summed E-state index contributed by atoms with van der Waals surface area (Å²) >= 11 is 0. The van der Waals surface area contributed by atoms with Crippen molar-refractivity contribution in [1.29, 1.82) is 0 Å². The monoisotopic (exact) mass is 296 g/mol. The maximum absolute atomic E-state index is 12.4. The number of nitrogens with one attached hydrogen (secondary N) is 3. The van der Waals surface area contributed by atoms with Crippen molar-refractivity contribution in [2.75, 3.05) is 5.32 Å². The molecule has 0 spiro atoms. The van der Waals surface area contributed by atoms with Crippen LogP contribution in [0.4, 0.5) is 5.69 Å². The second-order valence-electron chi connectivity index (χ2n) is 5.61. The van der Waals surface area contributed by atoms with Gasteiger partial charge in [-0.15, -0.1) is 0 Å². The molecule has 7 heteroatoms. The minimum atomic E-state index is -0.201. The number of hydrogen-bond acceptors (Lipinski definition) is 4. The summed E-state index contributed by atoms with van der Waals surface area (Å²) in [5.74, 6) is -0.201. The Hall–Kier alpha value is -2.67. The number of anilines is 1. The smallest absolute Gasteiger partial charge is 0.276 e. The van der Waals surface area contributed by atoms with Crippen molar-refractivity contribution >= 4 is 22.5 Å². The number of aromatic amines is 1. The van der Waals surface area contributed by atoms with Crippen molar-refractivity contribution in [3.05, 3.63) is 41.9 Å². The molecule has 1 unspecified atom stereocenters. The molecule has 0 fully saturated rings. The predicted molar refractivity (Wildman–Crippen MR) is 82.6 cm³/mol. The van der Waals surface area contributed by atoms with Gasteiger partial charge in [-0.2, -0.15) is 10.2 Å². The summed E-state index contributed by atoms with van der Waals surface area (Å²) in [6.45, 7) is 3.62. The minimum absolute atomic E-state index is 0.201. The summed E-state index contributed by atoms with van der Waals surface area (Å²) in [5.41, 5.74) is 3.09. The molecule has 0 bridgehead atoms. The minimum Gasteiger partial charge on any atom is -0.321 e. The van der Waals surface area contributed by atoms with Gasteiger partial charge in [0.25, 0.3) is 5.91 Å². The van der Waals surface area contributed by atoms with Crippen molar-refractivity contribution in [3.63, 3.8) is 0 Å². The molecule has 1 aromatic carbocycles. The molecular formula is C15H16N6O. The third-order valence-corrected chi connectivity index (χ3v) is 3.87. The van der Waals surface area contributed by atoms with E-state index in [1.165, 1.54) is 0 Å². The van der Waals surface area contributed by atoms with Crippen LogP contribution in [0.2, 0.25) is 0 Å². The van der Waals surface area contributed by atoms with Crippen LogP contribution in [0, 0.1) is 0 Å². The van der Waals surface area contributed by atoms with Gasteiger partial charge in [0, 0.05) is 23.7 Å². The molecule has 1 aliphatic heterocycles. The number of rotatable bonds is 2. The highest BCUT2D eigenvalue weighted by Gasteiger charge is 2.19. The first-order chi connectivity index (χ1) is 10.7. The molecule has 1 atom stereocenters. The lowest BCUT2D eigenvalue weighted by Gasteiger charge is -2.21. The van der Waals surface area contributed by atoms with E-state index < -0.39 is 0 Å². The van der Waals surface area contributed by atoms with E-state index in [0.717, 1.165) is 35.4 Å². The van der Waals surface area contributed by atoms with Gasteiger partial charge in [-0.25, -0.2) is 0 Å². The Balaban J connectivity index is 1.56. The third-order valence-electron chi connectivity index (χ3n) is 3.87. The van der Waals surface area contributed by atoms with Crippen LogP contribution in [0.1, 0.15) is 23.1 Å². The Labute approximate surface area is 126 Å². The van der Waals surface area contributed by atoms with E-state index in [1.54, 1.807) is 6.20 Å². The molecule has 22 heavy (non-hydrogen) atoms. The number of benzene rings is 1. The number of carbonyl (C=O) groups excluding carboxylic acids is 1. The molecule has 4 rings (SSSR count). The number of carbonyl (C=O) groups is 1. The van der Waals surface area contributed by atoms with Crippen molar-refractivity contribution in [2.24, 2.45) is 0 Å². The van der Waals surface area contributed by atoms with Crippen molar-refractivity contribution in [3.8, 4) is 0 Å². The fraction of sp³-hybridized carbons (Fsp3) is 0.267. The predicted octanol–water partition coefficient (Wildman–Crippen LogP) is 1.50. The first kappa shape index (κ1) is 13.0. The molecule has 1 aliphatic rings. The van der Waals surface area contributed by atoms with Gasteiger partial charge in [0.15, 0.2) is 5.69 Å². The summed E-state index contributed by atoms with van der Waals surface area (Å²) in [7, 11) is 0. The van der Waals surface area contributed by atoms with Crippen molar-refractivity contribution < 1.29 is 4.79 Å². The summed E-state index contributed by atoms with van der Waals surface area (Å²) in [6, 6.07) is 7.84. The van der Waals surface area contributed by atoms with E-state index in [4.69, 9.17) is 0 Å². The lowest BCUT2D eigenvalue weighted by atomic mass is 10.2. The second-order valence-corrected chi connectivity index (χ2v) is 5.61. The van der Waals surface area contributed by atoms with E-state index in [1.807, 2.05) is 28.9 Å². The lowest BCUT2D eigenvalue weighted by Crippen LogP contribution is -2.36. The van der Waals surface area contributed by atoms with Gasteiger partial charge in [0.1, 0.15) is 0 Å². The van der Waals surface area contributed by atoms with Crippen molar-refractivity contribution in [1.82, 2.24) is 25.3 Å². The van der Waals surface area contributed by atoms with E-state index in [9.17, 15) is 4.79 Å². The van der Waals surface area contributed by atoms with Crippen molar-refractivity contribution in [2.45, 2.75) is 26.1 Å². The highest BCUT2D eigenvalue weighted by molar-refractivity contribution is 6.03. The topological polar surface area (TPSA) is 87.6 Å². The molecule has 0 radical (unpaired) electrons. The Kier molecular flexibility index (Phi) is 2.93. The van der Waals surface area contributed by atoms with E-state index in [0.29, 0.717) is 11.7 Å². The molecule has 0 saturated carbocycles. The average Bonchev–Trinajstić information content (AvgIpc) is 3.12. The molecular weight excluding hydrogens is 280 g/mol. The molecule has 0 aliphatic carbocycles. The molecule has 2 aromatic heterocycles. The molecule has 1 amide bonds. The number of amides is 1. The maximum Gasteiger partial charge on any atom is 0.276 e. The van der Waals surface area contributed by atoms with Crippen LogP contribution in [0.3, 0.4) is 0 Å².